The molecule has 0 fully saturated rings. The lowest BCUT2D eigenvalue weighted by Crippen LogP contribution is -2.26. The topological polar surface area (TPSA) is 88.2 Å². The fourth-order valence-corrected chi connectivity index (χ4v) is 2.77. The van der Waals surface area contributed by atoms with Crippen molar-refractivity contribution in [1.29, 1.82) is 0 Å². The van der Waals surface area contributed by atoms with E-state index in [0.717, 1.165) is 33.4 Å². The molecule has 1 aromatic heterocycles. The minimum absolute atomic E-state index is 0.127. The quantitative estimate of drug-likeness (QED) is 0.365. The number of anilines is 2. The number of nitrogens with two attached hydrogens (primary N) is 1. The van der Waals surface area contributed by atoms with Gasteiger partial charge in [0.25, 0.3) is 0 Å². The lowest BCUT2D eigenvalue weighted by Gasteiger charge is -2.10. The van der Waals surface area contributed by atoms with Crippen LogP contribution in [0.5, 0.6) is 0 Å². The highest BCUT2D eigenvalue weighted by molar-refractivity contribution is 7.80. The third kappa shape index (κ3) is 4.12. The normalized spacial score (nSPS) is 11.4. The van der Waals surface area contributed by atoms with E-state index in [1.54, 1.807) is 0 Å². The van der Waals surface area contributed by atoms with Gasteiger partial charge in [0.15, 0.2) is 0 Å². The molecule has 0 bridgehead atoms. The maximum Gasteiger partial charge on any atom is 0.230 e. The van der Waals surface area contributed by atoms with Crippen molar-refractivity contribution in [1.82, 2.24) is 9.97 Å². The van der Waals surface area contributed by atoms with Crippen LogP contribution in [0.1, 0.15) is 16.8 Å². The maximum absolute atomic E-state index is 5.95. The number of hydrogen-bond donors (Lipinski definition) is 3. The van der Waals surface area contributed by atoms with Gasteiger partial charge in [0, 0.05) is 11.1 Å². The van der Waals surface area contributed by atoms with Gasteiger partial charge in [-0.15, -0.1) is 0 Å². The second-order valence-electron chi connectivity index (χ2n) is 6.02. The summed E-state index contributed by atoms with van der Waals surface area (Å²) in [5.74, 6) is 0.513. The Morgan fingerprint density at radius 2 is 1.81 bits per heavy atom. The zero-order valence-corrected chi connectivity index (χ0v) is 15.7. The predicted octanol–water partition coefficient (Wildman–Crippen LogP) is 3.68. The second kappa shape index (κ2) is 7.45. The zero-order valence-electron chi connectivity index (χ0n) is 14.9. The highest BCUT2D eigenvalue weighted by atomic mass is 32.1. The maximum atomic E-state index is 5.95. The minimum Gasteiger partial charge on any atom is -0.369 e. The molecule has 1 heterocycles. The number of nitrogens with one attached hydrogen (secondary N) is 2. The molecule has 6 nitrogen and oxygen atoms in total. The summed E-state index contributed by atoms with van der Waals surface area (Å²) in [4.78, 5) is 13.0. The Morgan fingerprint density at radius 3 is 2.62 bits per heavy atom. The van der Waals surface area contributed by atoms with Gasteiger partial charge < -0.3 is 11.1 Å². The summed E-state index contributed by atoms with van der Waals surface area (Å²) in [5.41, 5.74) is 10.8. The molecule has 4 N–H and O–H groups in total. The van der Waals surface area contributed by atoms with Gasteiger partial charge in [0.1, 0.15) is 0 Å². The first kappa shape index (κ1) is 17.8. The van der Waals surface area contributed by atoms with E-state index < -0.39 is 0 Å². The SMILES string of the molecule is Cc1ccc(C)c(NC(=S)/N=C(\N)Nc2nc(C)c3ccccc3n2)c1. The zero-order chi connectivity index (χ0) is 18.7. The monoisotopic (exact) mass is 364 g/mol. The van der Waals surface area contributed by atoms with Crippen LogP contribution in [0.3, 0.4) is 0 Å². The highest BCUT2D eigenvalue weighted by Gasteiger charge is 2.06. The van der Waals surface area contributed by atoms with Crippen LogP contribution in [0.4, 0.5) is 11.6 Å². The first-order valence-corrected chi connectivity index (χ1v) is 8.56. The van der Waals surface area contributed by atoms with Gasteiger partial charge in [-0.25, -0.2) is 9.97 Å². The summed E-state index contributed by atoms with van der Waals surface area (Å²) < 4.78 is 0. The Kier molecular flexibility index (Phi) is 5.09. The van der Waals surface area contributed by atoms with Crippen molar-refractivity contribution in [3.63, 3.8) is 0 Å². The Bertz CT molecular complexity index is 1010. The molecule has 0 atom stereocenters. The van der Waals surface area contributed by atoms with Crippen LogP contribution in [0, 0.1) is 20.8 Å². The molecule has 3 aromatic rings. The van der Waals surface area contributed by atoms with Crippen molar-refractivity contribution in [2.75, 3.05) is 10.6 Å². The Hall–Kier alpha value is -3.06. The van der Waals surface area contributed by atoms with E-state index in [9.17, 15) is 0 Å². The molecule has 0 aliphatic carbocycles. The lowest BCUT2D eigenvalue weighted by molar-refractivity contribution is 1.15. The standard InChI is InChI=1S/C19H20N6S/c1-11-8-9-12(2)16(10-11)23-19(26)25-17(20)24-18-21-13(3)14-6-4-5-7-15(14)22-18/h4-10H,1-3H3,(H4,20,21,22,23,24,25,26). The van der Waals surface area contributed by atoms with E-state index in [1.165, 1.54) is 0 Å². The Labute approximate surface area is 157 Å². The van der Waals surface area contributed by atoms with E-state index in [0.29, 0.717) is 5.95 Å². The molecule has 2 aromatic carbocycles. The highest BCUT2D eigenvalue weighted by Crippen LogP contribution is 2.17. The molecule has 0 saturated heterocycles. The molecule has 0 amide bonds. The van der Waals surface area contributed by atoms with E-state index in [2.05, 4.69) is 25.6 Å². The molecule has 0 radical (unpaired) electrons. The molecule has 0 saturated carbocycles. The van der Waals surface area contributed by atoms with Crippen LogP contribution in [-0.2, 0) is 0 Å². The fourth-order valence-electron chi connectivity index (χ4n) is 2.56. The van der Waals surface area contributed by atoms with Crippen LogP contribution in [-0.4, -0.2) is 21.0 Å². The van der Waals surface area contributed by atoms with Gasteiger partial charge in [0.05, 0.1) is 11.2 Å². The van der Waals surface area contributed by atoms with Gasteiger partial charge >= 0.3 is 0 Å². The molecule has 0 aliphatic heterocycles. The van der Waals surface area contributed by atoms with Gasteiger partial charge in [-0.05, 0) is 56.2 Å². The first-order chi connectivity index (χ1) is 12.4. The van der Waals surface area contributed by atoms with Crippen LogP contribution in [0.2, 0.25) is 0 Å². The molecule has 132 valence electrons. The van der Waals surface area contributed by atoms with E-state index in [1.807, 2.05) is 63.2 Å². The number of aliphatic imine (C=N–C) groups is 1. The summed E-state index contributed by atoms with van der Waals surface area (Å²) in [5, 5.41) is 7.25. The van der Waals surface area contributed by atoms with Crippen LogP contribution in [0.15, 0.2) is 47.5 Å². The summed E-state index contributed by atoms with van der Waals surface area (Å²) >= 11 is 5.27. The largest absolute Gasteiger partial charge is 0.369 e. The summed E-state index contributed by atoms with van der Waals surface area (Å²) in [7, 11) is 0. The van der Waals surface area contributed by atoms with Crippen molar-refractivity contribution in [2.45, 2.75) is 20.8 Å². The molecular weight excluding hydrogens is 344 g/mol. The Morgan fingerprint density at radius 1 is 1.04 bits per heavy atom. The molecular formula is C19H20N6S. The number of hydrogen-bond acceptors (Lipinski definition) is 3. The summed E-state index contributed by atoms with van der Waals surface area (Å²) in [6.07, 6.45) is 0. The van der Waals surface area contributed by atoms with Crippen molar-refractivity contribution < 1.29 is 0 Å². The number of aromatic nitrogens is 2. The lowest BCUT2D eigenvalue weighted by atomic mass is 10.1. The molecule has 7 heteroatoms. The Balaban J connectivity index is 1.75. The number of aryl methyl sites for hydroxylation is 3. The van der Waals surface area contributed by atoms with Gasteiger partial charge in [-0.1, -0.05) is 30.3 Å². The number of para-hydroxylation sites is 1. The number of nitrogens with zero attached hydrogens (tertiary/aromatic N) is 3. The molecule has 3 rings (SSSR count). The second-order valence-corrected chi connectivity index (χ2v) is 6.41. The number of rotatable bonds is 2. The number of benzene rings is 2. The number of guanidine groups is 1. The molecule has 0 unspecified atom stereocenters. The average molecular weight is 364 g/mol. The van der Waals surface area contributed by atoms with Gasteiger partial charge in [0.2, 0.25) is 17.0 Å². The molecule has 0 aliphatic rings. The average Bonchev–Trinajstić information content (AvgIpc) is 2.58. The van der Waals surface area contributed by atoms with Crippen molar-refractivity contribution in [2.24, 2.45) is 10.7 Å². The smallest absolute Gasteiger partial charge is 0.230 e. The number of thiocarbonyl (C=S) groups is 1. The predicted molar refractivity (Wildman–Crippen MR) is 112 cm³/mol. The third-order valence-corrected chi connectivity index (χ3v) is 4.08. The third-order valence-electron chi connectivity index (χ3n) is 3.89. The van der Waals surface area contributed by atoms with Gasteiger partial charge in [-0.3, -0.25) is 5.32 Å². The molecule has 26 heavy (non-hydrogen) atoms. The summed E-state index contributed by atoms with van der Waals surface area (Å²) in [6, 6.07) is 13.9. The van der Waals surface area contributed by atoms with Crippen molar-refractivity contribution in [3.05, 3.63) is 59.3 Å². The first-order valence-electron chi connectivity index (χ1n) is 8.15. The van der Waals surface area contributed by atoms with Crippen molar-refractivity contribution in [3.8, 4) is 0 Å². The van der Waals surface area contributed by atoms with E-state index in [4.69, 9.17) is 18.0 Å². The fraction of sp³-hybridized carbons (Fsp3) is 0.158. The minimum atomic E-state index is 0.127. The summed E-state index contributed by atoms with van der Waals surface area (Å²) in [6.45, 7) is 5.95. The van der Waals surface area contributed by atoms with Crippen LogP contribution in [0.25, 0.3) is 10.9 Å². The van der Waals surface area contributed by atoms with Crippen LogP contribution >= 0.6 is 12.2 Å². The van der Waals surface area contributed by atoms with Gasteiger partial charge in [-0.2, -0.15) is 4.99 Å². The van der Waals surface area contributed by atoms with Crippen LogP contribution < -0.4 is 16.4 Å². The van der Waals surface area contributed by atoms with Crippen molar-refractivity contribution >= 4 is 45.8 Å². The number of fused-ring (bicyclic) bond motifs is 1. The van der Waals surface area contributed by atoms with E-state index in [-0.39, 0.29) is 11.1 Å². The molecule has 0 spiro atoms. The van der Waals surface area contributed by atoms with E-state index >= 15 is 0 Å².